The van der Waals surface area contributed by atoms with Gasteiger partial charge in [-0.2, -0.15) is 0 Å². The monoisotopic (exact) mass is 385 g/mol. The summed E-state index contributed by atoms with van der Waals surface area (Å²) >= 11 is 6.03. The lowest BCUT2D eigenvalue weighted by Crippen LogP contribution is -2.13. The Morgan fingerprint density at radius 1 is 0.885 bits per heavy atom. The van der Waals surface area contributed by atoms with Crippen LogP contribution in [-0.4, -0.2) is 8.42 Å². The van der Waals surface area contributed by atoms with Gasteiger partial charge in [-0.15, -0.1) is 0 Å². The van der Waals surface area contributed by atoms with Gasteiger partial charge < -0.3 is 4.42 Å². The maximum Gasteiger partial charge on any atom is 0.336 e. The Hall–Kier alpha value is -2.83. The van der Waals surface area contributed by atoms with Crippen LogP contribution < -0.4 is 10.3 Å². The van der Waals surface area contributed by atoms with E-state index in [0.29, 0.717) is 27.1 Å². The summed E-state index contributed by atoms with van der Waals surface area (Å²) in [5, 5.41) is 2.39. The first-order valence-corrected chi connectivity index (χ1v) is 9.53. The Kier molecular flexibility index (Phi) is 3.94. The van der Waals surface area contributed by atoms with Crippen LogP contribution in [0, 0.1) is 0 Å². The zero-order valence-electron chi connectivity index (χ0n) is 13.3. The van der Waals surface area contributed by atoms with E-state index in [1.807, 2.05) is 6.07 Å². The predicted octanol–water partition coefficient (Wildman–Crippen LogP) is 4.40. The fourth-order valence-electron chi connectivity index (χ4n) is 2.80. The molecule has 5 nitrogen and oxygen atoms in total. The summed E-state index contributed by atoms with van der Waals surface area (Å²) in [6, 6.07) is 17.7. The van der Waals surface area contributed by atoms with Crippen molar-refractivity contribution in [1.82, 2.24) is 0 Å². The largest absolute Gasteiger partial charge is 0.423 e. The van der Waals surface area contributed by atoms with Crippen LogP contribution in [0.4, 0.5) is 5.69 Å². The lowest BCUT2D eigenvalue weighted by molar-refractivity contribution is 0.561. The molecule has 1 aromatic heterocycles. The minimum Gasteiger partial charge on any atom is -0.423 e. The predicted molar refractivity (Wildman–Crippen MR) is 102 cm³/mol. The van der Waals surface area contributed by atoms with Crippen LogP contribution in [0.15, 0.2) is 80.8 Å². The molecule has 0 aliphatic heterocycles. The number of hydrogen-bond donors (Lipinski definition) is 1. The number of anilines is 1. The standard InChI is InChI=1S/C19H12ClNO4S/c20-14-6-4-12-2-1-3-18(16(12)11-14)26(23,24)21-15-7-8-17-13(10-15)5-9-19(22)25-17/h1-11,21H. The summed E-state index contributed by atoms with van der Waals surface area (Å²) in [5.74, 6) is 0. The van der Waals surface area contributed by atoms with Gasteiger partial charge in [-0.1, -0.05) is 29.8 Å². The topological polar surface area (TPSA) is 76.4 Å². The molecule has 0 fully saturated rings. The van der Waals surface area contributed by atoms with Crippen LogP contribution >= 0.6 is 11.6 Å². The Morgan fingerprint density at radius 3 is 2.54 bits per heavy atom. The van der Waals surface area contributed by atoms with E-state index in [0.717, 1.165) is 5.39 Å². The number of sulfonamides is 1. The van der Waals surface area contributed by atoms with Gasteiger partial charge in [0.15, 0.2) is 0 Å². The molecule has 0 atom stereocenters. The molecule has 0 saturated carbocycles. The molecule has 0 saturated heterocycles. The van der Waals surface area contributed by atoms with Gasteiger partial charge >= 0.3 is 5.63 Å². The van der Waals surface area contributed by atoms with Crippen LogP contribution in [0.2, 0.25) is 5.02 Å². The molecule has 0 spiro atoms. The second-order valence-electron chi connectivity index (χ2n) is 5.73. The number of nitrogens with one attached hydrogen (secondary N) is 1. The first-order chi connectivity index (χ1) is 12.4. The van der Waals surface area contributed by atoms with Gasteiger partial charge in [0.2, 0.25) is 0 Å². The first-order valence-electron chi connectivity index (χ1n) is 7.67. The van der Waals surface area contributed by atoms with Crippen LogP contribution in [0.25, 0.3) is 21.7 Å². The second kappa shape index (κ2) is 6.16. The summed E-state index contributed by atoms with van der Waals surface area (Å²) in [5.41, 5.74) is 0.293. The average molecular weight is 386 g/mol. The minimum atomic E-state index is -3.83. The van der Waals surface area contributed by atoms with Gasteiger partial charge in [-0.3, -0.25) is 4.72 Å². The van der Waals surface area contributed by atoms with Gasteiger partial charge in [-0.05, 0) is 47.9 Å². The SMILES string of the molecule is O=c1ccc2cc(NS(=O)(=O)c3cccc4ccc(Cl)cc34)ccc2o1. The zero-order chi connectivity index (χ0) is 18.3. The summed E-state index contributed by atoms with van der Waals surface area (Å²) in [6.45, 7) is 0. The molecule has 0 amide bonds. The van der Waals surface area contributed by atoms with Gasteiger partial charge in [0, 0.05) is 27.5 Å². The lowest BCUT2D eigenvalue weighted by Gasteiger charge is -2.11. The van der Waals surface area contributed by atoms with E-state index in [4.69, 9.17) is 16.0 Å². The molecule has 26 heavy (non-hydrogen) atoms. The average Bonchev–Trinajstić information content (AvgIpc) is 2.61. The highest BCUT2D eigenvalue weighted by atomic mass is 35.5. The van der Waals surface area contributed by atoms with Crippen LogP contribution in [-0.2, 0) is 10.0 Å². The normalized spacial score (nSPS) is 11.7. The van der Waals surface area contributed by atoms with Gasteiger partial charge in [0.25, 0.3) is 10.0 Å². The minimum absolute atomic E-state index is 0.136. The van der Waals surface area contributed by atoms with Crippen LogP contribution in [0.3, 0.4) is 0 Å². The van der Waals surface area contributed by atoms with Crippen molar-refractivity contribution in [3.63, 3.8) is 0 Å². The van der Waals surface area contributed by atoms with E-state index in [1.165, 1.54) is 12.1 Å². The molecule has 0 unspecified atom stereocenters. The fourth-order valence-corrected chi connectivity index (χ4v) is 4.24. The third-order valence-corrected chi connectivity index (χ3v) is 5.64. The number of rotatable bonds is 3. The van der Waals surface area contributed by atoms with E-state index in [1.54, 1.807) is 48.5 Å². The van der Waals surface area contributed by atoms with Crippen molar-refractivity contribution in [2.45, 2.75) is 4.90 Å². The van der Waals surface area contributed by atoms with Crippen LogP contribution in [0.5, 0.6) is 0 Å². The summed E-state index contributed by atoms with van der Waals surface area (Å²) < 4.78 is 33.4. The highest BCUT2D eigenvalue weighted by molar-refractivity contribution is 7.93. The molecule has 0 bridgehead atoms. The Morgan fingerprint density at radius 2 is 1.69 bits per heavy atom. The van der Waals surface area contributed by atoms with Crippen molar-refractivity contribution in [1.29, 1.82) is 0 Å². The quantitative estimate of drug-likeness (QED) is 0.530. The van der Waals surface area contributed by atoms with Crippen molar-refractivity contribution in [2.24, 2.45) is 0 Å². The molecule has 3 aromatic carbocycles. The molecule has 4 rings (SSSR count). The van der Waals surface area contributed by atoms with E-state index >= 15 is 0 Å². The molecular formula is C19H12ClNO4S. The lowest BCUT2D eigenvalue weighted by atomic mass is 10.1. The molecular weight excluding hydrogens is 374 g/mol. The highest BCUT2D eigenvalue weighted by Crippen LogP contribution is 2.28. The maximum absolute atomic E-state index is 12.9. The van der Waals surface area contributed by atoms with E-state index in [-0.39, 0.29) is 4.90 Å². The van der Waals surface area contributed by atoms with Gasteiger partial charge in [-0.25, -0.2) is 13.2 Å². The molecule has 4 aromatic rings. The molecule has 0 aliphatic carbocycles. The molecule has 7 heteroatoms. The summed E-state index contributed by atoms with van der Waals surface area (Å²) in [4.78, 5) is 11.4. The third kappa shape index (κ3) is 3.05. The van der Waals surface area contributed by atoms with Gasteiger partial charge in [0.1, 0.15) is 5.58 Å². The second-order valence-corrected chi connectivity index (χ2v) is 7.82. The van der Waals surface area contributed by atoms with Crippen molar-refractivity contribution >= 4 is 49.1 Å². The molecule has 0 radical (unpaired) electrons. The molecule has 130 valence electrons. The molecule has 0 aliphatic rings. The Labute approximate surface area is 153 Å². The van der Waals surface area contributed by atoms with Gasteiger partial charge in [0.05, 0.1) is 4.90 Å². The Bertz CT molecular complexity index is 1310. The Balaban J connectivity index is 1.79. The van der Waals surface area contributed by atoms with E-state index in [2.05, 4.69) is 4.72 Å². The van der Waals surface area contributed by atoms with Crippen molar-refractivity contribution in [3.05, 3.63) is 82.2 Å². The summed E-state index contributed by atoms with van der Waals surface area (Å²) in [6.07, 6.45) is 0. The maximum atomic E-state index is 12.9. The number of hydrogen-bond acceptors (Lipinski definition) is 4. The smallest absolute Gasteiger partial charge is 0.336 e. The van der Waals surface area contributed by atoms with E-state index < -0.39 is 15.6 Å². The van der Waals surface area contributed by atoms with Crippen LogP contribution in [0.1, 0.15) is 0 Å². The van der Waals surface area contributed by atoms with Crippen molar-refractivity contribution in [3.8, 4) is 0 Å². The number of fused-ring (bicyclic) bond motifs is 2. The highest BCUT2D eigenvalue weighted by Gasteiger charge is 2.18. The van der Waals surface area contributed by atoms with E-state index in [9.17, 15) is 13.2 Å². The fraction of sp³-hybridized carbons (Fsp3) is 0. The first kappa shape index (κ1) is 16.6. The third-order valence-electron chi connectivity index (χ3n) is 3.97. The molecule has 1 heterocycles. The number of benzene rings is 3. The summed E-state index contributed by atoms with van der Waals surface area (Å²) in [7, 11) is -3.83. The van der Waals surface area contributed by atoms with Crippen molar-refractivity contribution < 1.29 is 12.8 Å². The zero-order valence-corrected chi connectivity index (χ0v) is 14.8. The number of halogens is 1. The van der Waals surface area contributed by atoms with Crippen molar-refractivity contribution in [2.75, 3.05) is 4.72 Å². The molecule has 1 N–H and O–H groups in total.